The van der Waals surface area contributed by atoms with E-state index in [0.29, 0.717) is 17.5 Å². The van der Waals surface area contributed by atoms with Crippen LogP contribution in [0.5, 0.6) is 5.75 Å². The van der Waals surface area contributed by atoms with Crippen molar-refractivity contribution in [2.75, 3.05) is 6.54 Å². The molecule has 1 aliphatic heterocycles. The number of ether oxygens (including phenoxy) is 1. The van der Waals surface area contributed by atoms with Crippen molar-refractivity contribution >= 4 is 28.6 Å². The summed E-state index contributed by atoms with van der Waals surface area (Å²) < 4.78 is 6.27. The van der Waals surface area contributed by atoms with E-state index in [4.69, 9.17) is 4.74 Å². The minimum atomic E-state index is -0.421. The molecule has 0 radical (unpaired) electrons. The van der Waals surface area contributed by atoms with Gasteiger partial charge in [-0.05, 0) is 50.5 Å². The van der Waals surface area contributed by atoms with Gasteiger partial charge in [-0.25, -0.2) is 0 Å². The van der Waals surface area contributed by atoms with Gasteiger partial charge in [0.25, 0.3) is 11.8 Å². The Kier molecular flexibility index (Phi) is 5.13. The smallest absolute Gasteiger partial charge is 0.262 e. The molecular weight excluding hydrogens is 408 g/mol. The largest absolute Gasteiger partial charge is 0.490 e. The molecule has 8 nitrogen and oxygen atoms in total. The highest BCUT2D eigenvalue weighted by Crippen LogP contribution is 2.30. The molecule has 5 rings (SSSR count). The summed E-state index contributed by atoms with van der Waals surface area (Å²) in [5.74, 6) is -0.352. The highest BCUT2D eigenvalue weighted by molar-refractivity contribution is 6.22. The summed E-state index contributed by atoms with van der Waals surface area (Å²) in [5, 5.41) is 11.1. The monoisotopic (exact) mass is 432 g/mol. The molecule has 0 bridgehead atoms. The fourth-order valence-corrected chi connectivity index (χ4v) is 4.63. The van der Waals surface area contributed by atoms with E-state index < -0.39 is 11.8 Å². The Bertz CT molecular complexity index is 1180. The van der Waals surface area contributed by atoms with Crippen molar-refractivity contribution in [3.05, 3.63) is 59.3 Å². The van der Waals surface area contributed by atoms with Crippen molar-refractivity contribution in [2.45, 2.75) is 44.8 Å². The molecule has 2 aromatic carbocycles. The van der Waals surface area contributed by atoms with Gasteiger partial charge in [-0.2, -0.15) is 5.10 Å². The average Bonchev–Trinajstić information content (AvgIpc) is 3.36. The molecule has 1 aromatic heterocycles. The standard InChI is InChI=1S/C24H24N4O4/c1-14-19-12-25-27-20(19)9-10-21(14)32-16-6-4-5-15(11-16)26-22(29)13-28-23(30)17-7-2-3-8-18(17)24(28)31/h2-3,7-10,12,15-16H,4-6,11,13H2,1H3,(H,25,27)(H,26,29)/t15-,16+/m1/s1. The zero-order valence-electron chi connectivity index (χ0n) is 17.8. The fraction of sp³-hybridized carbons (Fsp3) is 0.333. The van der Waals surface area contributed by atoms with E-state index in [1.807, 2.05) is 19.1 Å². The number of imide groups is 1. The third kappa shape index (κ3) is 3.62. The normalized spacial score (nSPS) is 20.5. The quantitative estimate of drug-likeness (QED) is 0.603. The van der Waals surface area contributed by atoms with Crippen LogP contribution in [0, 0.1) is 6.92 Å². The van der Waals surface area contributed by atoms with Crippen LogP contribution >= 0.6 is 0 Å². The van der Waals surface area contributed by atoms with Crippen LogP contribution in [0.2, 0.25) is 0 Å². The summed E-state index contributed by atoms with van der Waals surface area (Å²) in [5.41, 5.74) is 2.70. The van der Waals surface area contributed by atoms with Crippen molar-refractivity contribution in [1.82, 2.24) is 20.4 Å². The number of aryl methyl sites for hydroxylation is 1. The van der Waals surface area contributed by atoms with Gasteiger partial charge in [-0.1, -0.05) is 12.1 Å². The first-order valence-corrected chi connectivity index (χ1v) is 10.8. The Balaban J connectivity index is 1.20. The highest BCUT2D eigenvalue weighted by Gasteiger charge is 2.36. The number of hydrogen-bond donors (Lipinski definition) is 2. The summed E-state index contributed by atoms with van der Waals surface area (Å²) in [6, 6.07) is 10.5. The van der Waals surface area contributed by atoms with Gasteiger partial charge < -0.3 is 10.1 Å². The molecule has 164 valence electrons. The van der Waals surface area contributed by atoms with E-state index in [2.05, 4.69) is 15.5 Å². The van der Waals surface area contributed by atoms with Gasteiger partial charge in [0.2, 0.25) is 5.91 Å². The number of fused-ring (bicyclic) bond motifs is 2. The van der Waals surface area contributed by atoms with E-state index in [-0.39, 0.29) is 24.6 Å². The molecule has 0 unspecified atom stereocenters. The number of nitrogens with one attached hydrogen (secondary N) is 2. The summed E-state index contributed by atoms with van der Waals surface area (Å²) in [6.45, 7) is 1.74. The minimum absolute atomic E-state index is 0.0172. The lowest BCUT2D eigenvalue weighted by Gasteiger charge is -2.31. The van der Waals surface area contributed by atoms with Crippen molar-refractivity contribution in [1.29, 1.82) is 0 Å². The van der Waals surface area contributed by atoms with Crippen LogP contribution in [0.3, 0.4) is 0 Å². The second-order valence-corrected chi connectivity index (χ2v) is 8.43. The molecule has 1 saturated carbocycles. The molecule has 2 heterocycles. The average molecular weight is 432 g/mol. The van der Waals surface area contributed by atoms with Crippen molar-refractivity contribution in [2.24, 2.45) is 0 Å². The molecular formula is C24H24N4O4. The molecule has 0 saturated heterocycles. The summed E-state index contributed by atoms with van der Waals surface area (Å²) >= 11 is 0. The maximum atomic E-state index is 12.6. The number of carbonyl (C=O) groups excluding carboxylic acids is 3. The SMILES string of the molecule is Cc1c(O[C@H]2CCC[C@@H](NC(=O)CN3C(=O)c4ccccc4C3=O)C2)ccc2[nH]ncc12. The zero-order chi connectivity index (χ0) is 22.2. The molecule has 1 fully saturated rings. The molecule has 3 aromatic rings. The maximum Gasteiger partial charge on any atom is 0.262 e. The Morgan fingerprint density at radius 2 is 1.91 bits per heavy atom. The number of aromatic amines is 1. The predicted octanol–water partition coefficient (Wildman–Crippen LogP) is 2.97. The van der Waals surface area contributed by atoms with Gasteiger partial charge in [0.05, 0.1) is 22.8 Å². The third-order valence-corrected chi connectivity index (χ3v) is 6.31. The van der Waals surface area contributed by atoms with Crippen molar-refractivity contribution in [3.63, 3.8) is 0 Å². The molecule has 2 aliphatic rings. The van der Waals surface area contributed by atoms with Gasteiger partial charge in [0.1, 0.15) is 18.4 Å². The molecule has 8 heteroatoms. The van der Waals surface area contributed by atoms with Gasteiger partial charge in [0, 0.05) is 23.4 Å². The van der Waals surface area contributed by atoms with E-state index >= 15 is 0 Å². The maximum absolute atomic E-state index is 12.6. The number of H-pyrrole nitrogens is 1. The van der Waals surface area contributed by atoms with E-state index in [1.165, 1.54) is 0 Å². The number of amides is 3. The highest BCUT2D eigenvalue weighted by atomic mass is 16.5. The van der Waals surface area contributed by atoms with E-state index in [1.54, 1.807) is 30.5 Å². The Labute approximate surface area is 184 Å². The Morgan fingerprint density at radius 3 is 2.66 bits per heavy atom. The first-order valence-electron chi connectivity index (χ1n) is 10.8. The van der Waals surface area contributed by atoms with Gasteiger partial charge in [-0.3, -0.25) is 24.4 Å². The molecule has 32 heavy (non-hydrogen) atoms. The zero-order valence-corrected chi connectivity index (χ0v) is 17.8. The van der Waals surface area contributed by atoms with Gasteiger partial charge in [0.15, 0.2) is 0 Å². The van der Waals surface area contributed by atoms with Crippen LogP contribution in [0.15, 0.2) is 42.6 Å². The molecule has 3 amide bonds. The first-order chi connectivity index (χ1) is 15.5. The summed E-state index contributed by atoms with van der Waals surface area (Å²) in [4.78, 5) is 38.6. The number of hydrogen-bond acceptors (Lipinski definition) is 5. The Morgan fingerprint density at radius 1 is 1.16 bits per heavy atom. The van der Waals surface area contributed by atoms with Crippen LogP contribution in [0.1, 0.15) is 52.0 Å². The minimum Gasteiger partial charge on any atom is -0.490 e. The lowest BCUT2D eigenvalue weighted by atomic mass is 9.92. The number of carbonyl (C=O) groups is 3. The van der Waals surface area contributed by atoms with E-state index in [0.717, 1.165) is 46.4 Å². The second-order valence-electron chi connectivity index (χ2n) is 8.43. The first kappa shape index (κ1) is 20.2. The lowest BCUT2D eigenvalue weighted by molar-refractivity contribution is -0.122. The topological polar surface area (TPSA) is 104 Å². The summed E-state index contributed by atoms with van der Waals surface area (Å²) in [6.07, 6.45) is 5.13. The van der Waals surface area contributed by atoms with E-state index in [9.17, 15) is 14.4 Å². The number of benzene rings is 2. The third-order valence-electron chi connectivity index (χ3n) is 6.31. The van der Waals surface area contributed by atoms with Crippen molar-refractivity contribution in [3.8, 4) is 5.75 Å². The van der Waals surface area contributed by atoms with Crippen molar-refractivity contribution < 1.29 is 19.1 Å². The molecule has 2 N–H and O–H groups in total. The molecule has 2 atom stereocenters. The number of aromatic nitrogens is 2. The van der Waals surface area contributed by atoms with Crippen LogP contribution < -0.4 is 10.1 Å². The van der Waals surface area contributed by atoms with Crippen LogP contribution in [-0.4, -0.2) is 51.5 Å². The Hall–Kier alpha value is -3.68. The lowest BCUT2D eigenvalue weighted by Crippen LogP contribution is -2.46. The summed E-state index contributed by atoms with van der Waals surface area (Å²) in [7, 11) is 0. The molecule has 1 aliphatic carbocycles. The fourth-order valence-electron chi connectivity index (χ4n) is 4.63. The van der Waals surface area contributed by atoms with Gasteiger partial charge in [-0.15, -0.1) is 0 Å². The molecule has 0 spiro atoms. The van der Waals surface area contributed by atoms with Crippen LogP contribution in [0.4, 0.5) is 0 Å². The van der Waals surface area contributed by atoms with Crippen LogP contribution in [0.25, 0.3) is 10.9 Å². The number of rotatable bonds is 5. The van der Waals surface area contributed by atoms with Crippen LogP contribution in [-0.2, 0) is 4.79 Å². The van der Waals surface area contributed by atoms with Gasteiger partial charge >= 0.3 is 0 Å². The second kappa shape index (κ2) is 8.11. The number of nitrogens with zero attached hydrogens (tertiary/aromatic N) is 2. The predicted molar refractivity (Wildman–Crippen MR) is 117 cm³/mol.